The minimum absolute atomic E-state index is 0.0428. The topological polar surface area (TPSA) is 57.2 Å². The number of aryl methyl sites for hydroxylation is 1. The van der Waals surface area contributed by atoms with Crippen LogP contribution in [0.15, 0.2) is 71.7 Å². The maximum atomic E-state index is 13.5. The highest BCUT2D eigenvalue weighted by Crippen LogP contribution is 2.51. The second-order valence-electron chi connectivity index (χ2n) is 10.4. The molecule has 3 aromatic carbocycles. The van der Waals surface area contributed by atoms with Crippen LogP contribution in [0, 0.1) is 0 Å². The van der Waals surface area contributed by atoms with Crippen molar-refractivity contribution in [3.63, 3.8) is 0 Å². The largest absolute Gasteiger partial charge is 0.427 e. The normalized spacial score (nSPS) is 18.1. The number of halogens is 1. The van der Waals surface area contributed by atoms with Gasteiger partial charge in [-0.1, -0.05) is 48.5 Å². The molecule has 0 radical (unpaired) electrons. The second-order valence-corrected chi connectivity index (χ2v) is 10.9. The molecule has 2 aliphatic heterocycles. The van der Waals surface area contributed by atoms with Crippen LogP contribution in [0.25, 0.3) is 0 Å². The van der Waals surface area contributed by atoms with Crippen molar-refractivity contribution < 1.29 is 7.86 Å². The maximum absolute atomic E-state index is 13.5. The van der Waals surface area contributed by atoms with Gasteiger partial charge in [0.1, 0.15) is 5.75 Å². The van der Waals surface area contributed by atoms with Gasteiger partial charge in [0.25, 0.3) is 5.91 Å². The Bertz CT molecular complexity index is 1330. The summed E-state index contributed by atoms with van der Waals surface area (Å²) in [5, 5.41) is 3.50. The zero-order valence-electron chi connectivity index (χ0n) is 21.5. The van der Waals surface area contributed by atoms with Gasteiger partial charge in [0.05, 0.1) is 11.3 Å². The summed E-state index contributed by atoms with van der Waals surface area (Å²) in [6.45, 7) is 4.04. The summed E-state index contributed by atoms with van der Waals surface area (Å²) in [4.78, 5) is 22.6. The number of hydrogen-bond donors (Lipinski definition) is 1. The molecule has 0 spiro atoms. The highest BCUT2D eigenvalue weighted by Gasteiger charge is 2.50. The smallest absolute Gasteiger partial charge is 0.257 e. The molecular formula is C31H33IN4O2. The zero-order chi connectivity index (χ0) is 26.0. The van der Waals surface area contributed by atoms with E-state index in [9.17, 15) is 4.79 Å². The van der Waals surface area contributed by atoms with Crippen molar-refractivity contribution in [1.29, 1.82) is 0 Å². The predicted octanol–water partition coefficient (Wildman–Crippen LogP) is 6.17. The van der Waals surface area contributed by atoms with Crippen LogP contribution in [0.2, 0.25) is 0 Å². The van der Waals surface area contributed by atoms with Crippen molar-refractivity contribution in [3.05, 3.63) is 89.0 Å². The van der Waals surface area contributed by atoms with Gasteiger partial charge in [-0.25, -0.2) is 0 Å². The summed E-state index contributed by atoms with van der Waals surface area (Å²) in [5.41, 5.74) is 6.88. The Hall–Kier alpha value is -2.91. The number of benzene rings is 3. The molecule has 1 saturated carbocycles. The first-order valence-electron chi connectivity index (χ1n) is 13.6. The molecule has 196 valence electrons. The van der Waals surface area contributed by atoms with Gasteiger partial charge < -0.3 is 13.3 Å². The summed E-state index contributed by atoms with van der Waals surface area (Å²) in [6.07, 6.45) is 7.39. The molecule has 2 heterocycles. The standard InChI is InChI=1S/C31H33IN4O2/c32-38-28-22-26(33-17-13-24-7-4-6-23-8-5-16-34-29(23)24)11-12-27(28)30(37)35-18-20-36(21-19-35)31(14-15-31)25-9-2-1-3-10-25/h1-4,6-7,9-12,16,22,33H,5,8,13-15,17-21H2. The zero-order valence-corrected chi connectivity index (χ0v) is 23.7. The van der Waals surface area contributed by atoms with E-state index < -0.39 is 0 Å². The first-order chi connectivity index (χ1) is 18.7. The molecular weight excluding hydrogens is 587 g/mol. The lowest BCUT2D eigenvalue weighted by Gasteiger charge is -2.40. The van der Waals surface area contributed by atoms with Gasteiger partial charge in [-0.15, -0.1) is 0 Å². The van der Waals surface area contributed by atoms with Gasteiger partial charge in [0, 0.05) is 56.2 Å². The van der Waals surface area contributed by atoms with E-state index in [2.05, 4.69) is 63.7 Å². The molecule has 6 rings (SSSR count). The first kappa shape index (κ1) is 25.4. The first-order valence-corrected chi connectivity index (χ1v) is 14.5. The van der Waals surface area contributed by atoms with Crippen LogP contribution in [-0.2, 0) is 18.4 Å². The van der Waals surface area contributed by atoms with E-state index in [1.165, 1.54) is 29.5 Å². The second kappa shape index (κ2) is 11.1. The van der Waals surface area contributed by atoms with E-state index in [1.807, 2.05) is 52.3 Å². The number of carbonyl (C=O) groups is 1. The SMILES string of the molecule is O=C(c1ccc(NCCc2cccc3c2N=CCC3)cc1OI)N1CCN(C2(c3ccccc3)CC2)CC1. The number of para-hydroxylation sites is 1. The molecule has 2 fully saturated rings. The van der Waals surface area contributed by atoms with E-state index >= 15 is 0 Å². The number of amides is 1. The minimum Gasteiger partial charge on any atom is -0.427 e. The molecule has 3 aliphatic rings. The molecule has 0 unspecified atom stereocenters. The van der Waals surface area contributed by atoms with Crippen molar-refractivity contribution >= 4 is 46.5 Å². The Kier molecular flexibility index (Phi) is 7.39. The summed E-state index contributed by atoms with van der Waals surface area (Å²) in [5.74, 6) is 0.647. The Morgan fingerprint density at radius 3 is 2.58 bits per heavy atom. The van der Waals surface area contributed by atoms with Gasteiger partial charge >= 0.3 is 0 Å². The molecule has 0 aromatic heterocycles. The maximum Gasteiger partial charge on any atom is 0.257 e. The van der Waals surface area contributed by atoms with Crippen molar-refractivity contribution in [2.24, 2.45) is 4.99 Å². The van der Waals surface area contributed by atoms with Crippen molar-refractivity contribution in [3.8, 4) is 5.75 Å². The number of hydrogen-bond acceptors (Lipinski definition) is 5. The fourth-order valence-corrected chi connectivity index (χ4v) is 6.33. The van der Waals surface area contributed by atoms with Crippen molar-refractivity contribution in [2.75, 3.05) is 38.0 Å². The van der Waals surface area contributed by atoms with Crippen LogP contribution >= 0.6 is 23.0 Å². The Morgan fingerprint density at radius 1 is 1.00 bits per heavy atom. The summed E-state index contributed by atoms with van der Waals surface area (Å²) >= 11 is 1.88. The quantitative estimate of drug-likeness (QED) is 0.307. The van der Waals surface area contributed by atoms with Gasteiger partial charge in [-0.3, -0.25) is 14.7 Å². The number of rotatable bonds is 8. The molecule has 1 aliphatic carbocycles. The Balaban J connectivity index is 1.07. The van der Waals surface area contributed by atoms with Crippen LogP contribution in [0.3, 0.4) is 0 Å². The fourth-order valence-electron chi connectivity index (χ4n) is 5.97. The average Bonchev–Trinajstić information content (AvgIpc) is 3.80. The van der Waals surface area contributed by atoms with Gasteiger partial charge in [-0.2, -0.15) is 0 Å². The third-order valence-electron chi connectivity index (χ3n) is 8.19. The monoisotopic (exact) mass is 620 g/mol. The number of carbonyl (C=O) groups excluding carboxylic acids is 1. The van der Waals surface area contributed by atoms with Crippen LogP contribution in [-0.4, -0.2) is 54.6 Å². The number of anilines is 1. The van der Waals surface area contributed by atoms with Crippen LogP contribution < -0.4 is 8.38 Å². The van der Waals surface area contributed by atoms with E-state index in [0.717, 1.165) is 63.4 Å². The third-order valence-corrected chi connectivity index (χ3v) is 8.67. The molecule has 7 heteroatoms. The third kappa shape index (κ3) is 5.06. The lowest BCUT2D eigenvalue weighted by molar-refractivity contribution is 0.0530. The summed E-state index contributed by atoms with van der Waals surface area (Å²) in [7, 11) is 0. The van der Waals surface area contributed by atoms with Crippen molar-refractivity contribution in [1.82, 2.24) is 9.80 Å². The molecule has 1 N–H and O–H groups in total. The molecule has 0 atom stereocenters. The van der Waals surface area contributed by atoms with E-state index in [4.69, 9.17) is 3.07 Å². The van der Waals surface area contributed by atoms with Crippen LogP contribution in [0.1, 0.15) is 46.3 Å². The van der Waals surface area contributed by atoms with Crippen LogP contribution in [0.5, 0.6) is 5.75 Å². The lowest BCUT2D eigenvalue weighted by Crippen LogP contribution is -2.52. The van der Waals surface area contributed by atoms with Crippen LogP contribution in [0.4, 0.5) is 11.4 Å². The highest BCUT2D eigenvalue weighted by atomic mass is 127. The van der Waals surface area contributed by atoms with Gasteiger partial charge in [0.15, 0.2) is 23.0 Å². The molecule has 3 aromatic rings. The Morgan fingerprint density at radius 2 is 1.82 bits per heavy atom. The number of nitrogens with one attached hydrogen (secondary N) is 1. The average molecular weight is 621 g/mol. The van der Waals surface area contributed by atoms with Crippen molar-refractivity contribution in [2.45, 2.75) is 37.6 Å². The highest BCUT2D eigenvalue weighted by molar-refractivity contribution is 14.1. The van der Waals surface area contributed by atoms with E-state index in [1.54, 1.807) is 0 Å². The number of aliphatic imine (C=N–C) groups is 1. The lowest BCUT2D eigenvalue weighted by atomic mass is 9.99. The molecule has 0 bridgehead atoms. The fraction of sp³-hybridized carbons (Fsp3) is 0.355. The van der Waals surface area contributed by atoms with Gasteiger partial charge in [0.2, 0.25) is 0 Å². The minimum atomic E-state index is 0.0428. The predicted molar refractivity (Wildman–Crippen MR) is 161 cm³/mol. The summed E-state index contributed by atoms with van der Waals surface area (Å²) < 4.78 is 5.63. The Labute approximate surface area is 238 Å². The number of nitrogens with zero attached hydrogens (tertiary/aromatic N) is 3. The number of fused-ring (bicyclic) bond motifs is 1. The van der Waals surface area contributed by atoms with E-state index in [-0.39, 0.29) is 11.4 Å². The summed E-state index contributed by atoms with van der Waals surface area (Å²) in [6, 6.07) is 23.1. The molecule has 6 nitrogen and oxygen atoms in total. The molecule has 38 heavy (non-hydrogen) atoms. The molecule has 1 saturated heterocycles. The number of piperazine rings is 1. The molecule has 1 amide bonds. The van der Waals surface area contributed by atoms with Gasteiger partial charge in [-0.05, 0) is 60.9 Å². The van der Waals surface area contributed by atoms with E-state index in [0.29, 0.717) is 11.3 Å².